The number of rotatable bonds is 7. The maximum Gasteiger partial charge on any atom is 0.251 e. The molecular weight excluding hydrogens is 390 g/mol. The van der Waals surface area contributed by atoms with Crippen LogP contribution in [0.2, 0.25) is 0 Å². The second kappa shape index (κ2) is 9.22. The Labute approximate surface area is 181 Å². The third-order valence-corrected chi connectivity index (χ3v) is 5.42. The van der Waals surface area contributed by atoms with Crippen molar-refractivity contribution in [3.63, 3.8) is 0 Å². The van der Waals surface area contributed by atoms with Gasteiger partial charge in [0.2, 0.25) is 0 Å². The van der Waals surface area contributed by atoms with E-state index in [4.69, 9.17) is 11.5 Å². The summed E-state index contributed by atoms with van der Waals surface area (Å²) in [5.74, 6) is 0.146. The molecule has 2 atom stereocenters. The fraction of sp³-hybridized carbons (Fsp3) is 0.261. The molecule has 160 valence electrons. The quantitative estimate of drug-likeness (QED) is 0.294. The first-order chi connectivity index (χ1) is 15.1. The van der Waals surface area contributed by atoms with E-state index in [1.54, 1.807) is 12.3 Å². The van der Waals surface area contributed by atoms with Gasteiger partial charge in [-0.05, 0) is 36.1 Å². The van der Waals surface area contributed by atoms with Crippen LogP contribution in [0.15, 0.2) is 54.7 Å². The largest absolute Gasteiger partial charge is 0.382 e. The Morgan fingerprint density at radius 3 is 2.90 bits per heavy atom. The van der Waals surface area contributed by atoms with Crippen LogP contribution in [0.5, 0.6) is 0 Å². The summed E-state index contributed by atoms with van der Waals surface area (Å²) in [7, 11) is 0. The van der Waals surface area contributed by atoms with Crippen molar-refractivity contribution in [2.45, 2.75) is 32.0 Å². The van der Waals surface area contributed by atoms with E-state index in [1.807, 2.05) is 37.3 Å². The number of benzene rings is 2. The van der Waals surface area contributed by atoms with Crippen molar-refractivity contribution in [2.24, 2.45) is 5.73 Å². The number of nitrogens with two attached hydrogens (primary N) is 2. The fourth-order valence-electron chi connectivity index (χ4n) is 3.83. The molecule has 7 N–H and O–H groups in total. The number of carbonyl (C=O) groups excluding carboxylic acids is 1. The summed E-state index contributed by atoms with van der Waals surface area (Å²) in [6.45, 7) is 2.65. The first-order valence-electron chi connectivity index (χ1n) is 10.4. The maximum atomic E-state index is 12.9. The highest BCUT2D eigenvalue weighted by Crippen LogP contribution is 2.31. The van der Waals surface area contributed by atoms with Crippen molar-refractivity contribution in [1.82, 2.24) is 26.1 Å². The minimum Gasteiger partial charge on any atom is -0.382 e. The molecule has 0 aliphatic heterocycles. The maximum absolute atomic E-state index is 12.9. The van der Waals surface area contributed by atoms with E-state index >= 15 is 0 Å². The molecule has 1 heterocycles. The molecule has 0 saturated carbocycles. The third-order valence-electron chi connectivity index (χ3n) is 5.42. The van der Waals surface area contributed by atoms with Crippen LogP contribution >= 0.6 is 0 Å². The van der Waals surface area contributed by atoms with Crippen LogP contribution in [0.3, 0.4) is 0 Å². The molecule has 1 amide bonds. The van der Waals surface area contributed by atoms with Crippen molar-refractivity contribution in [3.8, 4) is 11.3 Å². The van der Waals surface area contributed by atoms with Gasteiger partial charge in [0.15, 0.2) is 0 Å². The highest BCUT2D eigenvalue weighted by atomic mass is 16.1. The predicted octanol–water partition coefficient (Wildman–Crippen LogP) is 2.21. The summed E-state index contributed by atoms with van der Waals surface area (Å²) in [4.78, 5) is 21.8. The molecule has 0 spiro atoms. The highest BCUT2D eigenvalue weighted by molar-refractivity contribution is 5.95. The smallest absolute Gasteiger partial charge is 0.251 e. The molecular formula is C23H27N7O. The molecule has 2 aromatic carbocycles. The summed E-state index contributed by atoms with van der Waals surface area (Å²) in [6.07, 6.45) is 2.87. The van der Waals surface area contributed by atoms with Crippen molar-refractivity contribution in [1.29, 1.82) is 0 Å². The number of nitrogen functional groups attached to an aromatic ring is 1. The minimum atomic E-state index is -0.610. The molecule has 2 unspecified atom stereocenters. The van der Waals surface area contributed by atoms with Gasteiger partial charge in [0.05, 0.1) is 17.9 Å². The van der Waals surface area contributed by atoms with Crippen LogP contribution in [-0.2, 0) is 6.42 Å². The Bertz CT molecular complexity index is 1090. The zero-order chi connectivity index (χ0) is 21.8. The van der Waals surface area contributed by atoms with Crippen LogP contribution in [-0.4, -0.2) is 22.4 Å². The Morgan fingerprint density at radius 1 is 1.23 bits per heavy atom. The molecule has 0 bridgehead atoms. The molecule has 8 nitrogen and oxygen atoms in total. The normalized spacial score (nSPS) is 16.0. The van der Waals surface area contributed by atoms with Gasteiger partial charge >= 0.3 is 0 Å². The van der Waals surface area contributed by atoms with Gasteiger partial charge in [-0.15, -0.1) is 0 Å². The lowest BCUT2D eigenvalue weighted by Crippen LogP contribution is -2.40. The van der Waals surface area contributed by atoms with Gasteiger partial charge in [-0.1, -0.05) is 43.3 Å². The summed E-state index contributed by atoms with van der Waals surface area (Å²) in [6, 6.07) is 15.6. The molecule has 1 aromatic heterocycles. The number of hydrogen-bond donors (Lipinski definition) is 5. The Balaban J connectivity index is 1.54. The number of carbonyl (C=O) groups is 1. The second-order valence-electron chi connectivity index (χ2n) is 7.52. The average Bonchev–Trinajstić information content (AvgIpc) is 3.20. The van der Waals surface area contributed by atoms with E-state index in [9.17, 15) is 4.79 Å². The van der Waals surface area contributed by atoms with Crippen molar-refractivity contribution in [2.75, 3.05) is 12.3 Å². The van der Waals surface area contributed by atoms with Gasteiger partial charge in [0.25, 0.3) is 5.91 Å². The van der Waals surface area contributed by atoms with E-state index in [0.29, 0.717) is 23.5 Å². The standard InChI is InChI=1S/C23H27N7O/c1-2-27-30-22(25)20-21(24)26-13-19(28-20)15-7-5-8-16(12-15)23(31)29-18-11-10-14-6-3-4-9-17(14)18/h3-9,12-13,18,22,27,30H,2,10-11,25H2,1H3,(H2,24,26)(H,29,31). The van der Waals surface area contributed by atoms with Crippen LogP contribution < -0.4 is 27.6 Å². The average molecular weight is 418 g/mol. The van der Waals surface area contributed by atoms with E-state index in [1.165, 1.54) is 11.1 Å². The van der Waals surface area contributed by atoms with Crippen LogP contribution in [0.25, 0.3) is 11.3 Å². The second-order valence-corrected chi connectivity index (χ2v) is 7.52. The number of nitrogens with one attached hydrogen (secondary N) is 3. The lowest BCUT2D eigenvalue weighted by atomic mass is 10.1. The molecule has 3 aromatic rings. The zero-order valence-electron chi connectivity index (χ0n) is 17.4. The van der Waals surface area contributed by atoms with Gasteiger partial charge < -0.3 is 16.8 Å². The van der Waals surface area contributed by atoms with Crippen molar-refractivity contribution < 1.29 is 4.79 Å². The van der Waals surface area contributed by atoms with Crippen LogP contribution in [0.1, 0.15) is 52.7 Å². The SMILES string of the molecule is CCNNC(N)c1nc(-c2cccc(C(=O)NC3CCc4ccccc43)c2)cnc1N. The van der Waals surface area contributed by atoms with Gasteiger partial charge in [0, 0.05) is 17.7 Å². The number of anilines is 1. The number of fused-ring (bicyclic) bond motifs is 1. The molecule has 8 heteroatoms. The first-order valence-corrected chi connectivity index (χ1v) is 10.4. The van der Waals surface area contributed by atoms with Crippen molar-refractivity contribution >= 4 is 11.7 Å². The van der Waals surface area contributed by atoms with E-state index in [-0.39, 0.29) is 17.8 Å². The minimum absolute atomic E-state index is 0.0328. The van der Waals surface area contributed by atoms with Crippen LogP contribution in [0, 0.1) is 0 Å². The summed E-state index contributed by atoms with van der Waals surface area (Å²) >= 11 is 0. The van der Waals surface area contributed by atoms with Crippen molar-refractivity contribution in [3.05, 3.63) is 77.1 Å². The summed E-state index contributed by atoms with van der Waals surface area (Å²) in [5.41, 5.74) is 22.8. The molecule has 0 fully saturated rings. The Kier molecular flexibility index (Phi) is 6.22. The van der Waals surface area contributed by atoms with Gasteiger partial charge in [-0.25, -0.2) is 15.4 Å². The Hall–Kier alpha value is -3.33. The monoisotopic (exact) mass is 417 g/mol. The number of aromatic nitrogens is 2. The lowest BCUT2D eigenvalue weighted by molar-refractivity contribution is 0.0937. The predicted molar refractivity (Wildman–Crippen MR) is 121 cm³/mol. The number of amides is 1. The molecule has 0 radical (unpaired) electrons. The number of hydrazine groups is 1. The molecule has 1 aliphatic rings. The summed E-state index contributed by atoms with van der Waals surface area (Å²) in [5, 5.41) is 3.16. The van der Waals surface area contributed by atoms with E-state index < -0.39 is 6.17 Å². The number of hydrogen-bond acceptors (Lipinski definition) is 7. The topological polar surface area (TPSA) is 131 Å². The zero-order valence-corrected chi connectivity index (χ0v) is 17.4. The lowest BCUT2D eigenvalue weighted by Gasteiger charge is -2.16. The van der Waals surface area contributed by atoms with E-state index in [0.717, 1.165) is 18.4 Å². The molecule has 1 aliphatic carbocycles. The molecule has 0 saturated heterocycles. The number of nitrogens with zero attached hydrogens (tertiary/aromatic N) is 2. The molecule has 4 rings (SSSR count). The van der Waals surface area contributed by atoms with Crippen LogP contribution in [0.4, 0.5) is 5.82 Å². The highest BCUT2D eigenvalue weighted by Gasteiger charge is 2.24. The first kappa shape index (κ1) is 20.9. The Morgan fingerprint density at radius 2 is 2.06 bits per heavy atom. The number of aryl methyl sites for hydroxylation is 1. The van der Waals surface area contributed by atoms with Gasteiger partial charge in [-0.3, -0.25) is 10.2 Å². The van der Waals surface area contributed by atoms with Gasteiger partial charge in [-0.2, -0.15) is 0 Å². The van der Waals surface area contributed by atoms with E-state index in [2.05, 4.69) is 38.3 Å². The fourth-order valence-corrected chi connectivity index (χ4v) is 3.83. The molecule has 31 heavy (non-hydrogen) atoms. The summed E-state index contributed by atoms with van der Waals surface area (Å²) < 4.78 is 0. The van der Waals surface area contributed by atoms with Gasteiger partial charge in [0.1, 0.15) is 17.7 Å². The third kappa shape index (κ3) is 4.56.